The van der Waals surface area contributed by atoms with Gasteiger partial charge >= 0.3 is 0 Å². The Balaban J connectivity index is 2.47. The predicted molar refractivity (Wildman–Crippen MR) is 82.7 cm³/mol. The molecule has 2 amide bonds. The second kappa shape index (κ2) is 8.39. The summed E-state index contributed by atoms with van der Waals surface area (Å²) in [5.41, 5.74) is 1.15. The van der Waals surface area contributed by atoms with Crippen molar-refractivity contribution in [1.82, 2.24) is 14.8 Å². The molecule has 0 aliphatic rings. The van der Waals surface area contributed by atoms with Gasteiger partial charge in [-0.25, -0.2) is 0 Å². The van der Waals surface area contributed by atoms with Crippen LogP contribution in [0, 0.1) is 5.92 Å². The highest BCUT2D eigenvalue weighted by Gasteiger charge is 2.17. The van der Waals surface area contributed by atoms with Gasteiger partial charge in [-0.3, -0.25) is 14.6 Å². The summed E-state index contributed by atoms with van der Waals surface area (Å²) in [6, 6.07) is 3.89. The van der Waals surface area contributed by atoms with Crippen molar-refractivity contribution in [2.24, 2.45) is 5.92 Å². The SMILES string of the molecule is CC(=O)N(CC(=O)N(C)CCc1ccncc1)CC(C)C. The minimum atomic E-state index is -0.0559. The maximum Gasteiger partial charge on any atom is 0.241 e. The molecule has 1 aromatic heterocycles. The van der Waals surface area contributed by atoms with Crippen LogP contribution in [0.15, 0.2) is 24.5 Å². The van der Waals surface area contributed by atoms with E-state index in [2.05, 4.69) is 4.98 Å². The molecular formula is C16H25N3O2. The van der Waals surface area contributed by atoms with E-state index in [1.807, 2.05) is 26.0 Å². The van der Waals surface area contributed by atoms with Crippen molar-refractivity contribution in [3.8, 4) is 0 Å². The molecule has 0 aliphatic carbocycles. The van der Waals surface area contributed by atoms with Crippen LogP contribution in [-0.2, 0) is 16.0 Å². The molecule has 5 heteroatoms. The summed E-state index contributed by atoms with van der Waals surface area (Å²) in [4.78, 5) is 31.0. The Morgan fingerprint density at radius 3 is 2.38 bits per heavy atom. The van der Waals surface area contributed by atoms with E-state index < -0.39 is 0 Å². The molecule has 21 heavy (non-hydrogen) atoms. The first kappa shape index (κ1) is 17.1. The van der Waals surface area contributed by atoms with Gasteiger partial charge in [0.25, 0.3) is 0 Å². The zero-order valence-electron chi connectivity index (χ0n) is 13.4. The molecule has 5 nitrogen and oxygen atoms in total. The number of likely N-dealkylation sites (N-methyl/N-ethyl adjacent to an activating group) is 1. The molecule has 0 saturated carbocycles. The normalized spacial score (nSPS) is 10.5. The average molecular weight is 291 g/mol. The maximum absolute atomic E-state index is 12.2. The van der Waals surface area contributed by atoms with E-state index in [0.29, 0.717) is 19.0 Å². The van der Waals surface area contributed by atoms with E-state index in [-0.39, 0.29) is 18.4 Å². The lowest BCUT2D eigenvalue weighted by atomic mass is 10.2. The van der Waals surface area contributed by atoms with E-state index in [0.717, 1.165) is 12.0 Å². The third-order valence-electron chi connectivity index (χ3n) is 3.27. The molecule has 0 saturated heterocycles. The van der Waals surface area contributed by atoms with Gasteiger partial charge in [-0.2, -0.15) is 0 Å². The van der Waals surface area contributed by atoms with Crippen LogP contribution in [0.4, 0.5) is 0 Å². The van der Waals surface area contributed by atoms with E-state index in [1.165, 1.54) is 6.92 Å². The summed E-state index contributed by atoms with van der Waals surface area (Å²) in [5, 5.41) is 0. The summed E-state index contributed by atoms with van der Waals surface area (Å²) >= 11 is 0. The molecule has 0 N–H and O–H groups in total. The maximum atomic E-state index is 12.2. The molecule has 0 aliphatic heterocycles. The minimum Gasteiger partial charge on any atom is -0.344 e. The highest BCUT2D eigenvalue weighted by atomic mass is 16.2. The van der Waals surface area contributed by atoms with Crippen LogP contribution in [0.1, 0.15) is 26.3 Å². The molecule has 0 unspecified atom stereocenters. The Morgan fingerprint density at radius 1 is 1.24 bits per heavy atom. The highest BCUT2D eigenvalue weighted by molar-refractivity contribution is 5.83. The average Bonchev–Trinajstić information content (AvgIpc) is 2.44. The molecule has 0 radical (unpaired) electrons. The van der Waals surface area contributed by atoms with Gasteiger partial charge in [0, 0.05) is 39.5 Å². The molecule has 1 heterocycles. The lowest BCUT2D eigenvalue weighted by Crippen LogP contribution is -2.42. The smallest absolute Gasteiger partial charge is 0.241 e. The lowest BCUT2D eigenvalue weighted by molar-refractivity contribution is -0.139. The van der Waals surface area contributed by atoms with E-state index >= 15 is 0 Å². The first-order valence-electron chi connectivity index (χ1n) is 7.28. The van der Waals surface area contributed by atoms with Crippen molar-refractivity contribution >= 4 is 11.8 Å². The molecule has 1 aromatic rings. The Morgan fingerprint density at radius 2 is 1.86 bits per heavy atom. The van der Waals surface area contributed by atoms with Crippen molar-refractivity contribution < 1.29 is 9.59 Å². The largest absolute Gasteiger partial charge is 0.344 e. The van der Waals surface area contributed by atoms with E-state index in [1.54, 1.807) is 29.2 Å². The first-order chi connectivity index (χ1) is 9.90. The number of pyridine rings is 1. The van der Waals surface area contributed by atoms with Crippen LogP contribution in [-0.4, -0.2) is 53.3 Å². The van der Waals surface area contributed by atoms with Crippen LogP contribution in [0.2, 0.25) is 0 Å². The Kier molecular flexibility index (Phi) is 6.85. The third kappa shape index (κ3) is 6.38. The van der Waals surface area contributed by atoms with Gasteiger partial charge in [0.05, 0.1) is 6.54 Å². The van der Waals surface area contributed by atoms with E-state index in [4.69, 9.17) is 0 Å². The topological polar surface area (TPSA) is 53.5 Å². The number of carbonyl (C=O) groups is 2. The molecule has 0 spiro atoms. The third-order valence-corrected chi connectivity index (χ3v) is 3.27. The standard InChI is InChI=1S/C16H25N3O2/c1-13(2)11-19(14(3)20)12-16(21)18(4)10-7-15-5-8-17-9-6-15/h5-6,8-9,13H,7,10-12H2,1-4H3. The zero-order chi connectivity index (χ0) is 15.8. The fraction of sp³-hybridized carbons (Fsp3) is 0.562. The Hall–Kier alpha value is -1.91. The molecule has 0 bridgehead atoms. The highest BCUT2D eigenvalue weighted by Crippen LogP contribution is 2.02. The molecule has 116 valence electrons. The quantitative estimate of drug-likeness (QED) is 0.766. The van der Waals surface area contributed by atoms with Crippen molar-refractivity contribution in [2.45, 2.75) is 27.2 Å². The fourth-order valence-electron chi connectivity index (χ4n) is 2.00. The molecule has 0 fully saturated rings. The summed E-state index contributed by atoms with van der Waals surface area (Å²) in [6.07, 6.45) is 4.28. The van der Waals surface area contributed by atoms with Crippen molar-refractivity contribution in [2.75, 3.05) is 26.7 Å². The Bertz CT molecular complexity index is 460. The van der Waals surface area contributed by atoms with Gasteiger partial charge in [-0.05, 0) is 30.0 Å². The van der Waals surface area contributed by atoms with Crippen molar-refractivity contribution in [1.29, 1.82) is 0 Å². The molecule has 1 rings (SSSR count). The number of hydrogen-bond donors (Lipinski definition) is 0. The van der Waals surface area contributed by atoms with Crippen LogP contribution >= 0.6 is 0 Å². The summed E-state index contributed by atoms with van der Waals surface area (Å²) < 4.78 is 0. The second-order valence-electron chi connectivity index (χ2n) is 5.71. The van der Waals surface area contributed by atoms with Gasteiger partial charge in [-0.15, -0.1) is 0 Å². The molecular weight excluding hydrogens is 266 g/mol. The Labute approximate surface area is 127 Å². The number of amides is 2. The van der Waals surface area contributed by atoms with Gasteiger partial charge in [0.15, 0.2) is 0 Å². The summed E-state index contributed by atoms with van der Waals surface area (Å²) in [6.45, 7) is 6.98. The zero-order valence-corrected chi connectivity index (χ0v) is 13.4. The minimum absolute atomic E-state index is 0.0279. The van der Waals surface area contributed by atoms with Gasteiger partial charge in [-0.1, -0.05) is 13.8 Å². The number of rotatable bonds is 7. The number of carbonyl (C=O) groups excluding carboxylic acids is 2. The summed E-state index contributed by atoms with van der Waals surface area (Å²) in [5.74, 6) is 0.267. The van der Waals surface area contributed by atoms with Gasteiger partial charge in [0.2, 0.25) is 11.8 Å². The fourth-order valence-corrected chi connectivity index (χ4v) is 2.00. The predicted octanol–water partition coefficient (Wildman–Crippen LogP) is 1.59. The molecule has 0 atom stereocenters. The second-order valence-corrected chi connectivity index (χ2v) is 5.71. The van der Waals surface area contributed by atoms with Crippen molar-refractivity contribution in [3.63, 3.8) is 0 Å². The number of aromatic nitrogens is 1. The van der Waals surface area contributed by atoms with Crippen molar-refractivity contribution in [3.05, 3.63) is 30.1 Å². The van der Waals surface area contributed by atoms with Crippen LogP contribution in [0.25, 0.3) is 0 Å². The first-order valence-corrected chi connectivity index (χ1v) is 7.28. The van der Waals surface area contributed by atoms with Gasteiger partial charge in [0.1, 0.15) is 0 Å². The van der Waals surface area contributed by atoms with Crippen LogP contribution in [0.3, 0.4) is 0 Å². The van der Waals surface area contributed by atoms with Crippen LogP contribution < -0.4 is 0 Å². The molecule has 0 aromatic carbocycles. The number of nitrogens with zero attached hydrogens (tertiary/aromatic N) is 3. The lowest BCUT2D eigenvalue weighted by Gasteiger charge is -2.25. The monoisotopic (exact) mass is 291 g/mol. The van der Waals surface area contributed by atoms with Gasteiger partial charge < -0.3 is 9.80 Å². The summed E-state index contributed by atoms with van der Waals surface area (Å²) in [7, 11) is 1.78. The number of hydrogen-bond acceptors (Lipinski definition) is 3. The van der Waals surface area contributed by atoms with E-state index in [9.17, 15) is 9.59 Å². The van der Waals surface area contributed by atoms with Crippen LogP contribution in [0.5, 0.6) is 0 Å².